The van der Waals surface area contributed by atoms with E-state index in [1.54, 1.807) is 13.8 Å². The highest BCUT2D eigenvalue weighted by Gasteiger charge is 2.17. The zero-order chi connectivity index (χ0) is 14.3. The molecule has 0 bridgehead atoms. The fourth-order valence-corrected chi connectivity index (χ4v) is 1.22. The summed E-state index contributed by atoms with van der Waals surface area (Å²) < 4.78 is 16.0. The van der Waals surface area contributed by atoms with E-state index >= 15 is 0 Å². The molecule has 0 N–H and O–H groups in total. The summed E-state index contributed by atoms with van der Waals surface area (Å²) in [5.41, 5.74) is 0. The van der Waals surface area contributed by atoms with Gasteiger partial charge in [0.15, 0.2) is 17.8 Å². The second-order valence-corrected chi connectivity index (χ2v) is 3.63. The van der Waals surface area contributed by atoms with E-state index in [1.807, 2.05) is 0 Å². The third-order valence-electron chi connectivity index (χ3n) is 1.97. The Labute approximate surface area is 109 Å². The minimum atomic E-state index is -0.805. The maximum Gasteiger partial charge on any atom is 0.510 e. The fourth-order valence-electron chi connectivity index (χ4n) is 1.22. The van der Waals surface area contributed by atoms with Gasteiger partial charge in [0.2, 0.25) is 0 Å². The van der Waals surface area contributed by atoms with Crippen molar-refractivity contribution in [3.05, 3.63) is 5.82 Å². The molecule has 1 atom stereocenters. The van der Waals surface area contributed by atoms with Gasteiger partial charge in [-0.15, -0.1) is 5.10 Å². The molecule has 1 aromatic rings. The lowest BCUT2D eigenvalue weighted by Gasteiger charge is -2.13. The summed E-state index contributed by atoms with van der Waals surface area (Å²) in [4.78, 5) is 21.9. The molecule has 9 nitrogen and oxygen atoms in total. The molecule has 1 aromatic heterocycles. The summed E-state index contributed by atoms with van der Waals surface area (Å²) in [7, 11) is 0. The smallest absolute Gasteiger partial charge is 0.435 e. The van der Waals surface area contributed by atoms with E-state index in [9.17, 15) is 9.59 Å². The molecule has 1 unspecified atom stereocenters. The standard InChI is InChI=1S/C10H16N4O5/c1-4-18-10(16)19-8(3)14-9(11-12-13-14)6-17-5-7(2)15/h8H,4-6H2,1-3H3. The fraction of sp³-hybridized carbons (Fsp3) is 0.700. The lowest BCUT2D eigenvalue weighted by Crippen LogP contribution is -2.19. The number of carbonyl (C=O) groups is 2. The van der Waals surface area contributed by atoms with Gasteiger partial charge in [-0.3, -0.25) is 4.79 Å². The summed E-state index contributed by atoms with van der Waals surface area (Å²) in [6.07, 6.45) is -1.54. The zero-order valence-corrected chi connectivity index (χ0v) is 11.0. The molecule has 0 amide bonds. The van der Waals surface area contributed by atoms with E-state index in [4.69, 9.17) is 9.47 Å². The summed E-state index contributed by atoms with van der Waals surface area (Å²) in [6, 6.07) is 0. The van der Waals surface area contributed by atoms with Gasteiger partial charge in [-0.25, -0.2) is 4.79 Å². The number of Topliss-reactive ketones (excluding diaryl/α,β-unsaturated/α-hetero) is 1. The first-order valence-corrected chi connectivity index (χ1v) is 5.72. The first kappa shape index (κ1) is 15.0. The van der Waals surface area contributed by atoms with Crippen LogP contribution in [0.3, 0.4) is 0 Å². The molecule has 1 rings (SSSR count). The molecule has 9 heteroatoms. The lowest BCUT2D eigenvalue weighted by molar-refractivity contribution is -0.121. The van der Waals surface area contributed by atoms with Crippen LogP contribution < -0.4 is 0 Å². The molecule has 0 spiro atoms. The van der Waals surface area contributed by atoms with Crippen molar-refractivity contribution in [1.29, 1.82) is 0 Å². The first-order valence-electron chi connectivity index (χ1n) is 5.72. The number of carbonyl (C=O) groups excluding carboxylic acids is 2. The number of tetrazole rings is 1. The van der Waals surface area contributed by atoms with E-state index < -0.39 is 12.4 Å². The number of hydrogen-bond donors (Lipinski definition) is 0. The Morgan fingerprint density at radius 3 is 2.79 bits per heavy atom. The predicted octanol–water partition coefficient (Wildman–Crippen LogP) is 0.470. The van der Waals surface area contributed by atoms with Crippen molar-refractivity contribution < 1.29 is 23.8 Å². The van der Waals surface area contributed by atoms with Crippen LogP contribution in [-0.4, -0.2) is 45.4 Å². The largest absolute Gasteiger partial charge is 0.510 e. The van der Waals surface area contributed by atoms with E-state index in [-0.39, 0.29) is 25.6 Å². The molecule has 0 radical (unpaired) electrons. The highest BCUT2D eigenvalue weighted by molar-refractivity contribution is 5.76. The number of ether oxygens (including phenoxy) is 3. The van der Waals surface area contributed by atoms with Crippen molar-refractivity contribution in [2.45, 2.75) is 33.6 Å². The Kier molecular flexibility index (Phi) is 5.86. The van der Waals surface area contributed by atoms with Gasteiger partial charge in [0.05, 0.1) is 6.61 Å². The number of nitrogens with zero attached hydrogens (tertiary/aromatic N) is 4. The van der Waals surface area contributed by atoms with Crippen LogP contribution in [-0.2, 0) is 25.6 Å². The lowest BCUT2D eigenvalue weighted by atomic mass is 10.5. The third-order valence-corrected chi connectivity index (χ3v) is 1.97. The second kappa shape index (κ2) is 7.41. The number of hydrogen-bond acceptors (Lipinski definition) is 8. The van der Waals surface area contributed by atoms with Gasteiger partial charge >= 0.3 is 6.16 Å². The Balaban J connectivity index is 2.55. The monoisotopic (exact) mass is 272 g/mol. The molecule has 0 aromatic carbocycles. The minimum absolute atomic E-state index is 0.0278. The Bertz CT molecular complexity index is 433. The van der Waals surface area contributed by atoms with Crippen LogP contribution in [0, 0.1) is 0 Å². The number of ketones is 1. The molecule has 0 fully saturated rings. The van der Waals surface area contributed by atoms with Crippen molar-refractivity contribution in [3.63, 3.8) is 0 Å². The second-order valence-electron chi connectivity index (χ2n) is 3.63. The molecule has 106 valence electrons. The molecular weight excluding hydrogens is 256 g/mol. The third kappa shape index (κ3) is 5.00. The Morgan fingerprint density at radius 1 is 1.42 bits per heavy atom. The Morgan fingerprint density at radius 2 is 2.16 bits per heavy atom. The SMILES string of the molecule is CCOC(=O)OC(C)n1nnnc1COCC(C)=O. The van der Waals surface area contributed by atoms with Crippen molar-refractivity contribution >= 4 is 11.9 Å². The van der Waals surface area contributed by atoms with Crippen molar-refractivity contribution in [2.75, 3.05) is 13.2 Å². The summed E-state index contributed by atoms with van der Waals surface area (Å²) in [6.45, 7) is 4.90. The Hall–Kier alpha value is -2.03. The average Bonchev–Trinajstić information content (AvgIpc) is 2.77. The van der Waals surface area contributed by atoms with Gasteiger partial charge in [0.1, 0.15) is 13.2 Å². The molecule has 0 aliphatic heterocycles. The molecule has 0 aliphatic carbocycles. The maximum atomic E-state index is 11.2. The average molecular weight is 272 g/mol. The van der Waals surface area contributed by atoms with Gasteiger partial charge < -0.3 is 14.2 Å². The van der Waals surface area contributed by atoms with Crippen LogP contribution in [0.25, 0.3) is 0 Å². The van der Waals surface area contributed by atoms with Crippen molar-refractivity contribution in [2.24, 2.45) is 0 Å². The van der Waals surface area contributed by atoms with E-state index in [0.29, 0.717) is 5.82 Å². The summed E-state index contributed by atoms with van der Waals surface area (Å²) >= 11 is 0. The van der Waals surface area contributed by atoms with E-state index in [2.05, 4.69) is 20.3 Å². The number of rotatable bonds is 7. The molecule has 0 saturated heterocycles. The topological polar surface area (TPSA) is 105 Å². The van der Waals surface area contributed by atoms with Gasteiger partial charge in [0.25, 0.3) is 0 Å². The van der Waals surface area contributed by atoms with Gasteiger partial charge in [-0.1, -0.05) is 0 Å². The zero-order valence-electron chi connectivity index (χ0n) is 11.0. The first-order chi connectivity index (χ1) is 9.04. The van der Waals surface area contributed by atoms with Crippen molar-refractivity contribution in [3.8, 4) is 0 Å². The summed E-state index contributed by atoms with van der Waals surface area (Å²) in [5, 5.41) is 10.9. The molecule has 0 aliphatic rings. The van der Waals surface area contributed by atoms with Crippen LogP contribution in [0.2, 0.25) is 0 Å². The molecule has 0 saturated carbocycles. The van der Waals surface area contributed by atoms with Crippen molar-refractivity contribution in [1.82, 2.24) is 20.2 Å². The van der Waals surface area contributed by atoms with E-state index in [0.717, 1.165) is 0 Å². The van der Waals surface area contributed by atoms with Gasteiger partial charge in [0, 0.05) is 0 Å². The van der Waals surface area contributed by atoms with Crippen LogP contribution in [0.1, 0.15) is 32.8 Å². The number of aromatic nitrogens is 4. The summed E-state index contributed by atoms with van der Waals surface area (Å²) in [5.74, 6) is 0.243. The normalized spacial score (nSPS) is 11.9. The van der Waals surface area contributed by atoms with Crippen LogP contribution >= 0.6 is 0 Å². The van der Waals surface area contributed by atoms with Crippen LogP contribution in [0.15, 0.2) is 0 Å². The molecular formula is C10H16N4O5. The minimum Gasteiger partial charge on any atom is -0.435 e. The highest BCUT2D eigenvalue weighted by Crippen LogP contribution is 2.09. The predicted molar refractivity (Wildman–Crippen MR) is 61.0 cm³/mol. The van der Waals surface area contributed by atoms with Gasteiger partial charge in [-0.2, -0.15) is 4.68 Å². The highest BCUT2D eigenvalue weighted by atomic mass is 16.7. The van der Waals surface area contributed by atoms with Gasteiger partial charge in [-0.05, 0) is 31.2 Å². The van der Waals surface area contributed by atoms with E-state index in [1.165, 1.54) is 11.6 Å². The quantitative estimate of drug-likeness (QED) is 0.659. The maximum absolute atomic E-state index is 11.2. The van der Waals surface area contributed by atoms with Crippen LogP contribution in [0.4, 0.5) is 4.79 Å². The molecule has 1 heterocycles. The molecule has 19 heavy (non-hydrogen) atoms. The van der Waals surface area contributed by atoms with Crippen LogP contribution in [0.5, 0.6) is 0 Å².